The van der Waals surface area contributed by atoms with Gasteiger partial charge in [-0.05, 0) is 37.8 Å². The van der Waals surface area contributed by atoms with Crippen LogP contribution in [0.2, 0.25) is 0 Å². The molecule has 0 amide bonds. The normalized spacial score (nSPS) is 22.2. The highest BCUT2D eigenvalue weighted by molar-refractivity contribution is 5.80. The molecule has 0 radical (unpaired) electrons. The van der Waals surface area contributed by atoms with Gasteiger partial charge >= 0.3 is 0 Å². The summed E-state index contributed by atoms with van der Waals surface area (Å²) in [5, 5.41) is 3.53. The van der Waals surface area contributed by atoms with Gasteiger partial charge in [0.05, 0.1) is 0 Å². The molecule has 1 saturated heterocycles. The van der Waals surface area contributed by atoms with Crippen molar-refractivity contribution in [2.45, 2.75) is 33.1 Å². The minimum Gasteiger partial charge on any atom is -0.356 e. The third-order valence-corrected chi connectivity index (χ3v) is 3.85. The number of nitrogens with zero attached hydrogens (tertiary/aromatic N) is 3. The minimum atomic E-state index is 0.311. The monoisotopic (exact) mass is 252 g/mol. The smallest absolute Gasteiger partial charge is 0.193 e. The first-order valence-corrected chi connectivity index (χ1v) is 7.29. The molecule has 1 N–H and O–H groups in total. The van der Waals surface area contributed by atoms with Crippen LogP contribution < -0.4 is 5.32 Å². The minimum absolute atomic E-state index is 0.311. The standard InChI is InChI=1S/C14H28N4/c1-14(2,12-18-9-4-5-10-18)11-16-13-15-7-6-8-17(13)3/h4-12H2,1-3H3,(H,15,16). The van der Waals surface area contributed by atoms with Crippen molar-refractivity contribution in [3.63, 3.8) is 0 Å². The first-order chi connectivity index (χ1) is 8.57. The van der Waals surface area contributed by atoms with E-state index in [-0.39, 0.29) is 0 Å². The second-order valence-corrected chi connectivity index (χ2v) is 6.48. The van der Waals surface area contributed by atoms with E-state index in [2.05, 4.69) is 41.0 Å². The highest BCUT2D eigenvalue weighted by atomic mass is 15.3. The van der Waals surface area contributed by atoms with E-state index >= 15 is 0 Å². The second-order valence-electron chi connectivity index (χ2n) is 6.48. The first kappa shape index (κ1) is 13.7. The van der Waals surface area contributed by atoms with Crippen LogP contribution in [0.4, 0.5) is 0 Å². The number of rotatable bonds is 4. The van der Waals surface area contributed by atoms with Crippen LogP contribution in [-0.4, -0.2) is 62.1 Å². The Morgan fingerprint density at radius 3 is 2.56 bits per heavy atom. The molecule has 0 aromatic carbocycles. The highest BCUT2D eigenvalue weighted by Crippen LogP contribution is 2.19. The maximum Gasteiger partial charge on any atom is 0.193 e. The molecule has 1 fully saturated rings. The summed E-state index contributed by atoms with van der Waals surface area (Å²) in [6.07, 6.45) is 3.93. The number of hydrogen-bond acceptors (Lipinski definition) is 4. The third-order valence-electron chi connectivity index (χ3n) is 3.85. The van der Waals surface area contributed by atoms with Crippen molar-refractivity contribution in [3.05, 3.63) is 0 Å². The van der Waals surface area contributed by atoms with E-state index < -0.39 is 0 Å². The lowest BCUT2D eigenvalue weighted by molar-refractivity contribution is 0.209. The van der Waals surface area contributed by atoms with Gasteiger partial charge in [0.2, 0.25) is 0 Å². The van der Waals surface area contributed by atoms with Gasteiger partial charge in [0, 0.05) is 33.2 Å². The summed E-state index contributed by atoms with van der Waals surface area (Å²) in [6, 6.07) is 0. The van der Waals surface area contributed by atoms with Crippen molar-refractivity contribution in [2.24, 2.45) is 10.4 Å². The van der Waals surface area contributed by atoms with Gasteiger partial charge in [0.1, 0.15) is 0 Å². The molecule has 4 nitrogen and oxygen atoms in total. The number of hydrogen-bond donors (Lipinski definition) is 1. The SMILES string of the molecule is CN1CCCN=C1NCC(C)(C)CN1CCCC1. The molecule has 0 aromatic heterocycles. The van der Waals surface area contributed by atoms with Crippen LogP contribution in [0.15, 0.2) is 4.99 Å². The van der Waals surface area contributed by atoms with Crippen LogP contribution in [0, 0.1) is 5.41 Å². The Morgan fingerprint density at radius 1 is 1.17 bits per heavy atom. The molecular weight excluding hydrogens is 224 g/mol. The molecule has 104 valence electrons. The van der Waals surface area contributed by atoms with Crippen LogP contribution in [0.25, 0.3) is 0 Å². The second kappa shape index (κ2) is 5.91. The van der Waals surface area contributed by atoms with Crippen molar-refractivity contribution >= 4 is 5.96 Å². The van der Waals surface area contributed by atoms with E-state index in [0.29, 0.717) is 5.41 Å². The molecule has 2 aliphatic heterocycles. The predicted molar refractivity (Wildman–Crippen MR) is 77.0 cm³/mol. The van der Waals surface area contributed by atoms with Crippen molar-refractivity contribution in [1.82, 2.24) is 15.1 Å². The summed E-state index contributed by atoms with van der Waals surface area (Å²) < 4.78 is 0. The molecule has 0 unspecified atom stereocenters. The van der Waals surface area contributed by atoms with E-state index in [1.54, 1.807) is 0 Å². The van der Waals surface area contributed by atoms with Gasteiger partial charge in [-0.15, -0.1) is 0 Å². The van der Waals surface area contributed by atoms with Crippen molar-refractivity contribution in [2.75, 3.05) is 46.3 Å². The maximum absolute atomic E-state index is 4.56. The summed E-state index contributed by atoms with van der Waals surface area (Å²) >= 11 is 0. The summed E-state index contributed by atoms with van der Waals surface area (Å²) in [7, 11) is 2.12. The fourth-order valence-corrected chi connectivity index (χ4v) is 2.83. The van der Waals surface area contributed by atoms with Crippen LogP contribution in [0.5, 0.6) is 0 Å². The van der Waals surface area contributed by atoms with E-state index in [4.69, 9.17) is 0 Å². The van der Waals surface area contributed by atoms with Crippen LogP contribution in [-0.2, 0) is 0 Å². The predicted octanol–water partition coefficient (Wildman–Crippen LogP) is 1.39. The van der Waals surface area contributed by atoms with Gasteiger partial charge in [-0.25, -0.2) is 0 Å². The Labute approximate surface area is 111 Å². The van der Waals surface area contributed by atoms with Gasteiger partial charge in [-0.1, -0.05) is 13.8 Å². The van der Waals surface area contributed by atoms with Crippen molar-refractivity contribution < 1.29 is 0 Å². The largest absolute Gasteiger partial charge is 0.356 e. The number of likely N-dealkylation sites (tertiary alicyclic amines) is 1. The Hall–Kier alpha value is -0.770. The van der Waals surface area contributed by atoms with Gasteiger partial charge < -0.3 is 15.1 Å². The van der Waals surface area contributed by atoms with Crippen LogP contribution in [0.3, 0.4) is 0 Å². The highest BCUT2D eigenvalue weighted by Gasteiger charge is 2.24. The molecule has 0 spiro atoms. The van der Waals surface area contributed by atoms with E-state index in [0.717, 1.165) is 25.6 Å². The molecule has 18 heavy (non-hydrogen) atoms. The van der Waals surface area contributed by atoms with Gasteiger partial charge in [-0.2, -0.15) is 0 Å². The first-order valence-electron chi connectivity index (χ1n) is 7.29. The zero-order chi connectivity index (χ0) is 13.0. The lowest BCUT2D eigenvalue weighted by atomic mass is 9.93. The number of guanidine groups is 1. The Kier molecular flexibility index (Phi) is 4.49. The quantitative estimate of drug-likeness (QED) is 0.820. The van der Waals surface area contributed by atoms with Gasteiger partial charge in [0.25, 0.3) is 0 Å². The number of nitrogens with one attached hydrogen (secondary N) is 1. The van der Waals surface area contributed by atoms with Crippen molar-refractivity contribution in [1.29, 1.82) is 0 Å². The lowest BCUT2D eigenvalue weighted by Crippen LogP contribution is -2.47. The van der Waals surface area contributed by atoms with Gasteiger partial charge in [0.15, 0.2) is 5.96 Å². The molecule has 0 aliphatic carbocycles. The molecular formula is C14H28N4. The van der Waals surface area contributed by atoms with E-state index in [1.165, 1.54) is 38.9 Å². The van der Waals surface area contributed by atoms with E-state index in [1.807, 2.05) is 0 Å². The maximum atomic E-state index is 4.56. The average Bonchev–Trinajstić information content (AvgIpc) is 2.80. The fourth-order valence-electron chi connectivity index (χ4n) is 2.83. The molecule has 0 aromatic rings. The zero-order valence-corrected chi connectivity index (χ0v) is 12.2. The summed E-state index contributed by atoms with van der Waals surface area (Å²) in [5.41, 5.74) is 0.311. The molecule has 0 saturated carbocycles. The molecule has 0 atom stereocenters. The van der Waals surface area contributed by atoms with Crippen LogP contribution >= 0.6 is 0 Å². The lowest BCUT2D eigenvalue weighted by Gasteiger charge is -2.33. The molecule has 2 aliphatic rings. The van der Waals surface area contributed by atoms with Crippen molar-refractivity contribution in [3.8, 4) is 0 Å². The summed E-state index contributed by atoms with van der Waals surface area (Å²) in [5.74, 6) is 1.08. The topological polar surface area (TPSA) is 30.9 Å². The fraction of sp³-hybridized carbons (Fsp3) is 0.929. The zero-order valence-electron chi connectivity index (χ0n) is 12.2. The van der Waals surface area contributed by atoms with Crippen LogP contribution in [0.1, 0.15) is 33.1 Å². The molecule has 0 bridgehead atoms. The average molecular weight is 252 g/mol. The Morgan fingerprint density at radius 2 is 1.89 bits per heavy atom. The Balaban J connectivity index is 1.78. The molecule has 2 heterocycles. The van der Waals surface area contributed by atoms with E-state index in [9.17, 15) is 0 Å². The summed E-state index contributed by atoms with van der Waals surface area (Å²) in [4.78, 5) is 9.39. The summed E-state index contributed by atoms with van der Waals surface area (Å²) in [6.45, 7) is 11.6. The third kappa shape index (κ3) is 3.87. The Bertz CT molecular complexity index is 292. The number of aliphatic imine (C=N–C) groups is 1. The molecule has 4 heteroatoms. The van der Waals surface area contributed by atoms with Gasteiger partial charge in [-0.3, -0.25) is 4.99 Å². The molecule has 2 rings (SSSR count).